The molecule has 0 saturated heterocycles. The maximum Gasteiger partial charge on any atom is 0.321 e. The molecular weight excluding hydrogens is 302 g/mol. The molecule has 0 bridgehead atoms. The van der Waals surface area contributed by atoms with Gasteiger partial charge in [-0.3, -0.25) is 10.1 Å². The number of imide groups is 1. The van der Waals surface area contributed by atoms with Crippen molar-refractivity contribution in [2.45, 2.75) is 39.3 Å². The van der Waals surface area contributed by atoms with Crippen LogP contribution in [0.3, 0.4) is 0 Å². The highest BCUT2D eigenvalue weighted by molar-refractivity contribution is 5.95. The number of benzene rings is 2. The van der Waals surface area contributed by atoms with Gasteiger partial charge in [0.05, 0.1) is 6.54 Å². The van der Waals surface area contributed by atoms with Crippen LogP contribution < -0.4 is 16.0 Å². The molecule has 2 rings (SSSR count). The fraction of sp³-hybridized carbons (Fsp3) is 0.368. The molecule has 0 fully saturated rings. The predicted octanol–water partition coefficient (Wildman–Crippen LogP) is 3.11. The molecular formula is C19H25N3O2. The molecule has 5 heteroatoms. The first-order chi connectivity index (χ1) is 11.3. The number of fused-ring (bicyclic) bond motifs is 1. The van der Waals surface area contributed by atoms with Crippen molar-refractivity contribution in [2.24, 2.45) is 0 Å². The Labute approximate surface area is 142 Å². The number of carbonyl (C=O) groups excluding carboxylic acids is 2. The van der Waals surface area contributed by atoms with Crippen LogP contribution in [0.25, 0.3) is 10.8 Å². The second-order valence-corrected chi connectivity index (χ2v) is 6.92. The van der Waals surface area contributed by atoms with E-state index in [0.717, 1.165) is 16.3 Å². The van der Waals surface area contributed by atoms with Crippen molar-refractivity contribution in [3.8, 4) is 0 Å². The van der Waals surface area contributed by atoms with Crippen molar-refractivity contribution < 1.29 is 9.59 Å². The van der Waals surface area contributed by atoms with Crippen molar-refractivity contribution in [3.63, 3.8) is 0 Å². The summed E-state index contributed by atoms with van der Waals surface area (Å²) in [7, 11) is 0. The summed E-state index contributed by atoms with van der Waals surface area (Å²) in [4.78, 5) is 23.6. The molecule has 128 valence electrons. The lowest BCUT2D eigenvalue weighted by atomic mass is 10.00. The quantitative estimate of drug-likeness (QED) is 0.808. The Morgan fingerprint density at radius 2 is 1.71 bits per heavy atom. The molecule has 2 aromatic rings. The summed E-state index contributed by atoms with van der Waals surface area (Å²) in [5, 5.41) is 10.5. The van der Waals surface area contributed by atoms with Gasteiger partial charge in [0.2, 0.25) is 5.91 Å². The Hall–Kier alpha value is -2.40. The third-order valence-corrected chi connectivity index (χ3v) is 3.60. The Morgan fingerprint density at radius 3 is 2.42 bits per heavy atom. The van der Waals surface area contributed by atoms with Gasteiger partial charge in [-0.1, -0.05) is 42.5 Å². The van der Waals surface area contributed by atoms with Gasteiger partial charge in [-0.15, -0.1) is 0 Å². The summed E-state index contributed by atoms with van der Waals surface area (Å²) < 4.78 is 0. The van der Waals surface area contributed by atoms with Crippen molar-refractivity contribution in [2.75, 3.05) is 6.54 Å². The molecule has 0 unspecified atom stereocenters. The van der Waals surface area contributed by atoms with E-state index in [1.165, 1.54) is 0 Å². The summed E-state index contributed by atoms with van der Waals surface area (Å²) in [5.41, 5.74) is 0.744. The van der Waals surface area contributed by atoms with Gasteiger partial charge < -0.3 is 10.6 Å². The first-order valence-corrected chi connectivity index (χ1v) is 8.09. The normalized spacial score (nSPS) is 12.7. The maximum absolute atomic E-state index is 11.9. The van der Waals surface area contributed by atoms with Crippen LogP contribution in [0.4, 0.5) is 4.79 Å². The van der Waals surface area contributed by atoms with Crippen LogP contribution in [0.5, 0.6) is 0 Å². The summed E-state index contributed by atoms with van der Waals surface area (Å²) in [6.45, 7) is 7.65. The van der Waals surface area contributed by atoms with Gasteiger partial charge in [0.15, 0.2) is 0 Å². The number of nitrogens with one attached hydrogen (secondary N) is 3. The SMILES string of the molecule is C[C@@H](NCC(=O)NC(=O)NC(C)(C)C)c1cccc2ccccc12. The molecule has 0 aromatic heterocycles. The zero-order chi connectivity index (χ0) is 17.7. The highest BCUT2D eigenvalue weighted by atomic mass is 16.2. The number of urea groups is 1. The zero-order valence-electron chi connectivity index (χ0n) is 14.6. The molecule has 24 heavy (non-hydrogen) atoms. The van der Waals surface area contributed by atoms with Gasteiger partial charge >= 0.3 is 6.03 Å². The molecule has 0 aliphatic carbocycles. The van der Waals surface area contributed by atoms with Gasteiger partial charge in [-0.25, -0.2) is 4.79 Å². The lowest BCUT2D eigenvalue weighted by molar-refractivity contribution is -0.119. The summed E-state index contributed by atoms with van der Waals surface area (Å²) >= 11 is 0. The van der Waals surface area contributed by atoms with Crippen LogP contribution in [0.15, 0.2) is 42.5 Å². The molecule has 0 aliphatic heterocycles. The second-order valence-electron chi connectivity index (χ2n) is 6.92. The van der Waals surface area contributed by atoms with Crippen LogP contribution in [0.1, 0.15) is 39.3 Å². The topological polar surface area (TPSA) is 70.2 Å². The molecule has 0 saturated carbocycles. The second kappa shape index (κ2) is 7.45. The summed E-state index contributed by atoms with van der Waals surface area (Å²) in [5.74, 6) is -0.358. The number of carbonyl (C=O) groups is 2. The summed E-state index contributed by atoms with van der Waals surface area (Å²) in [6, 6.07) is 13.8. The van der Waals surface area contributed by atoms with E-state index in [-0.39, 0.29) is 24.0 Å². The first-order valence-electron chi connectivity index (χ1n) is 8.09. The molecule has 0 aliphatic rings. The molecule has 3 amide bonds. The molecule has 3 N–H and O–H groups in total. The Balaban J connectivity index is 1.94. The lowest BCUT2D eigenvalue weighted by Crippen LogP contribution is -2.50. The highest BCUT2D eigenvalue weighted by Gasteiger charge is 2.16. The standard InChI is InChI=1S/C19H25N3O2/c1-13(15-11-7-9-14-8-5-6-10-16(14)15)20-12-17(23)21-18(24)22-19(2,3)4/h5-11,13,20H,12H2,1-4H3,(H2,21,22,23,24)/t13-/m1/s1. The molecule has 5 nitrogen and oxygen atoms in total. The number of hydrogen-bond acceptors (Lipinski definition) is 3. The van der Waals surface area contributed by atoms with Crippen LogP contribution in [0.2, 0.25) is 0 Å². The van der Waals surface area contributed by atoms with Gasteiger partial charge in [0.25, 0.3) is 0 Å². The van der Waals surface area contributed by atoms with Crippen LogP contribution in [0, 0.1) is 0 Å². The van der Waals surface area contributed by atoms with E-state index in [1.807, 2.05) is 52.0 Å². The minimum absolute atomic E-state index is 0.00692. The lowest BCUT2D eigenvalue weighted by Gasteiger charge is -2.21. The maximum atomic E-state index is 11.9. The van der Waals surface area contributed by atoms with E-state index in [4.69, 9.17) is 0 Å². The van der Waals surface area contributed by atoms with Gasteiger partial charge in [-0.05, 0) is 44.0 Å². The first kappa shape index (κ1) is 17.9. The van der Waals surface area contributed by atoms with Crippen molar-refractivity contribution in [3.05, 3.63) is 48.0 Å². The fourth-order valence-corrected chi connectivity index (χ4v) is 2.53. The van der Waals surface area contributed by atoms with Crippen molar-refractivity contribution in [1.82, 2.24) is 16.0 Å². The van der Waals surface area contributed by atoms with E-state index in [9.17, 15) is 9.59 Å². The molecule has 0 radical (unpaired) electrons. The zero-order valence-corrected chi connectivity index (χ0v) is 14.6. The van der Waals surface area contributed by atoms with Crippen LogP contribution >= 0.6 is 0 Å². The molecule has 0 heterocycles. The van der Waals surface area contributed by atoms with Crippen molar-refractivity contribution in [1.29, 1.82) is 0 Å². The van der Waals surface area contributed by atoms with Gasteiger partial charge in [-0.2, -0.15) is 0 Å². The van der Waals surface area contributed by atoms with Crippen molar-refractivity contribution >= 4 is 22.7 Å². The Bertz CT molecular complexity index is 729. The van der Waals surface area contributed by atoms with Gasteiger partial charge in [0.1, 0.15) is 0 Å². The van der Waals surface area contributed by atoms with Crippen LogP contribution in [-0.2, 0) is 4.79 Å². The highest BCUT2D eigenvalue weighted by Crippen LogP contribution is 2.23. The fourth-order valence-electron chi connectivity index (χ4n) is 2.53. The average molecular weight is 327 g/mol. The van der Waals surface area contributed by atoms with E-state index in [1.54, 1.807) is 0 Å². The minimum Gasteiger partial charge on any atom is -0.333 e. The van der Waals surface area contributed by atoms with E-state index < -0.39 is 6.03 Å². The minimum atomic E-state index is -0.480. The Kier molecular flexibility index (Phi) is 5.57. The Morgan fingerprint density at radius 1 is 1.04 bits per heavy atom. The predicted molar refractivity (Wildman–Crippen MR) is 96.8 cm³/mol. The number of rotatable bonds is 4. The largest absolute Gasteiger partial charge is 0.333 e. The smallest absolute Gasteiger partial charge is 0.321 e. The van der Waals surface area contributed by atoms with Crippen LogP contribution in [-0.4, -0.2) is 24.0 Å². The van der Waals surface area contributed by atoms with Gasteiger partial charge in [0, 0.05) is 11.6 Å². The number of hydrogen-bond donors (Lipinski definition) is 3. The molecule has 0 spiro atoms. The molecule has 1 atom stereocenters. The third-order valence-electron chi connectivity index (χ3n) is 3.60. The summed E-state index contributed by atoms with van der Waals surface area (Å²) in [6.07, 6.45) is 0. The monoisotopic (exact) mass is 327 g/mol. The van der Waals surface area contributed by atoms with E-state index in [2.05, 4.69) is 34.1 Å². The number of amides is 3. The van der Waals surface area contributed by atoms with E-state index in [0.29, 0.717) is 0 Å². The average Bonchev–Trinajstić information content (AvgIpc) is 2.50. The molecule has 2 aromatic carbocycles. The van der Waals surface area contributed by atoms with E-state index >= 15 is 0 Å². The third kappa shape index (κ3) is 5.06.